The highest BCUT2D eigenvalue weighted by Gasteiger charge is 2.31. The Morgan fingerprint density at radius 1 is 0.556 bits per heavy atom. The van der Waals surface area contributed by atoms with Crippen LogP contribution in [0.15, 0.2) is 72.8 Å². The molecule has 4 aromatic carbocycles. The summed E-state index contributed by atoms with van der Waals surface area (Å²) in [6, 6.07) is 26.0. The van der Waals surface area contributed by atoms with Gasteiger partial charge in [0.15, 0.2) is 0 Å². The van der Waals surface area contributed by atoms with Gasteiger partial charge in [-0.2, -0.15) is 0 Å². The molecule has 4 aromatic rings. The van der Waals surface area contributed by atoms with Gasteiger partial charge in [0.2, 0.25) is 0 Å². The Morgan fingerprint density at radius 3 is 1.30 bits per heavy atom. The minimum Gasteiger partial charge on any atom is -0.490 e. The molecule has 2 aliphatic carbocycles. The fourth-order valence-corrected chi connectivity index (χ4v) is 9.66. The minimum atomic E-state index is -0.737. The highest BCUT2D eigenvalue weighted by Crippen LogP contribution is 2.40. The van der Waals surface area contributed by atoms with Crippen molar-refractivity contribution < 1.29 is 28.9 Å². The monoisotopic (exact) mass is 865 g/mol. The van der Waals surface area contributed by atoms with E-state index in [1.165, 1.54) is 65.5 Å². The van der Waals surface area contributed by atoms with E-state index in [4.69, 9.17) is 19.3 Å². The molecule has 0 radical (unpaired) electrons. The van der Waals surface area contributed by atoms with Crippen LogP contribution in [0.2, 0.25) is 0 Å². The lowest BCUT2D eigenvalue weighted by atomic mass is 9.72. The molecule has 0 aliphatic heterocycles. The maximum atomic E-state index is 11.5. The number of esters is 1. The van der Waals surface area contributed by atoms with Crippen molar-refractivity contribution in [3.8, 4) is 11.5 Å². The molecular formula is C55H80N2O6. The molecule has 0 amide bonds. The number of carbonyl (C=O) groups excluding carboxylic acids is 1. The molecule has 2 aliphatic rings. The Balaban J connectivity index is 0.000000238. The number of carboxylic acids is 1. The van der Waals surface area contributed by atoms with Crippen molar-refractivity contribution in [2.24, 2.45) is 22.7 Å². The third kappa shape index (κ3) is 16.1. The second kappa shape index (κ2) is 23.7. The third-order valence-electron chi connectivity index (χ3n) is 13.5. The lowest BCUT2D eigenvalue weighted by Crippen LogP contribution is -2.30. The molecule has 0 bridgehead atoms. The predicted octanol–water partition coefficient (Wildman–Crippen LogP) is 13.1. The van der Waals surface area contributed by atoms with E-state index in [0.29, 0.717) is 36.0 Å². The first kappa shape index (κ1) is 49.9. The smallest absolute Gasteiger partial charge is 0.306 e. The lowest BCUT2D eigenvalue weighted by Gasteiger charge is -2.37. The zero-order valence-corrected chi connectivity index (χ0v) is 40.3. The van der Waals surface area contributed by atoms with Crippen molar-refractivity contribution in [3.63, 3.8) is 0 Å². The predicted molar refractivity (Wildman–Crippen MR) is 260 cm³/mol. The maximum Gasteiger partial charge on any atom is 0.306 e. The van der Waals surface area contributed by atoms with Gasteiger partial charge >= 0.3 is 11.9 Å². The van der Waals surface area contributed by atoms with Gasteiger partial charge in [0.05, 0.1) is 32.2 Å². The van der Waals surface area contributed by atoms with E-state index in [-0.39, 0.29) is 12.4 Å². The van der Waals surface area contributed by atoms with Gasteiger partial charge in [-0.05, 0) is 169 Å². The second-order valence-corrected chi connectivity index (χ2v) is 20.6. The number of methoxy groups -OCH3 is 1. The SMILES string of the molecule is CCCN(CCC(=O)O)Cc1ccc2cc(OC3CCC(C(C)(C)C)CC3)ccc2c1.CCCN(CCC(=O)OC)Cc1ccc2cc(OC3CCC(C(C)(C)C)CC3)ccc2c1. The molecule has 2 saturated carbocycles. The van der Waals surface area contributed by atoms with Gasteiger partial charge < -0.3 is 19.3 Å². The molecule has 6 rings (SSSR count). The fourth-order valence-electron chi connectivity index (χ4n) is 9.66. The van der Waals surface area contributed by atoms with Gasteiger partial charge in [0.25, 0.3) is 0 Å². The molecule has 0 heterocycles. The van der Waals surface area contributed by atoms with E-state index in [1.54, 1.807) is 0 Å². The zero-order chi connectivity index (χ0) is 45.6. The van der Waals surface area contributed by atoms with Crippen LogP contribution in [-0.4, -0.2) is 72.3 Å². The van der Waals surface area contributed by atoms with Crippen molar-refractivity contribution in [3.05, 3.63) is 83.9 Å². The van der Waals surface area contributed by atoms with Gasteiger partial charge in [-0.1, -0.05) is 91.8 Å². The summed E-state index contributed by atoms with van der Waals surface area (Å²) in [4.78, 5) is 27.0. The molecular weight excluding hydrogens is 785 g/mol. The number of nitrogens with zero attached hydrogens (tertiary/aromatic N) is 2. The number of ether oxygens (including phenoxy) is 3. The van der Waals surface area contributed by atoms with Gasteiger partial charge in [-0.15, -0.1) is 0 Å². The molecule has 0 saturated heterocycles. The van der Waals surface area contributed by atoms with Gasteiger partial charge in [0, 0.05) is 26.2 Å². The Bertz CT molecular complexity index is 2030. The van der Waals surface area contributed by atoms with Crippen molar-refractivity contribution >= 4 is 33.5 Å². The molecule has 63 heavy (non-hydrogen) atoms. The first-order chi connectivity index (χ1) is 30.0. The number of fused-ring (bicyclic) bond motifs is 2. The molecule has 8 heteroatoms. The van der Waals surface area contributed by atoms with Crippen molar-refractivity contribution in [2.75, 3.05) is 33.3 Å². The fraction of sp³-hybridized carbons (Fsp3) is 0.600. The zero-order valence-electron chi connectivity index (χ0n) is 40.3. The number of hydrogen-bond acceptors (Lipinski definition) is 7. The van der Waals surface area contributed by atoms with E-state index < -0.39 is 5.97 Å². The molecule has 0 unspecified atom stereocenters. The van der Waals surface area contributed by atoms with Crippen molar-refractivity contribution in [2.45, 2.75) is 158 Å². The molecule has 2 fully saturated rings. The number of hydrogen-bond donors (Lipinski definition) is 1. The maximum absolute atomic E-state index is 11.5. The van der Waals surface area contributed by atoms with Crippen LogP contribution in [0.25, 0.3) is 21.5 Å². The van der Waals surface area contributed by atoms with Crippen molar-refractivity contribution in [1.82, 2.24) is 9.80 Å². The summed E-state index contributed by atoms with van der Waals surface area (Å²) in [5.41, 5.74) is 3.29. The summed E-state index contributed by atoms with van der Waals surface area (Å²) < 4.78 is 17.5. The summed E-state index contributed by atoms with van der Waals surface area (Å²) in [6.07, 6.45) is 13.0. The summed E-state index contributed by atoms with van der Waals surface area (Å²) in [5, 5.41) is 13.8. The van der Waals surface area contributed by atoms with Gasteiger partial charge in [0.1, 0.15) is 11.5 Å². The lowest BCUT2D eigenvalue weighted by molar-refractivity contribution is -0.141. The van der Waals surface area contributed by atoms with E-state index in [1.807, 2.05) is 0 Å². The average Bonchev–Trinajstić information content (AvgIpc) is 3.25. The van der Waals surface area contributed by atoms with Crippen molar-refractivity contribution in [1.29, 1.82) is 0 Å². The van der Waals surface area contributed by atoms with Crippen LogP contribution in [0.3, 0.4) is 0 Å². The summed E-state index contributed by atoms with van der Waals surface area (Å²) in [7, 11) is 1.45. The topological polar surface area (TPSA) is 88.5 Å². The molecule has 346 valence electrons. The van der Waals surface area contributed by atoms with Crippen LogP contribution in [0, 0.1) is 22.7 Å². The summed E-state index contributed by atoms with van der Waals surface area (Å²) in [5.74, 6) is 2.66. The normalized spacial score (nSPS) is 19.5. The van der Waals surface area contributed by atoms with Gasteiger partial charge in [-0.3, -0.25) is 19.4 Å². The molecule has 0 spiro atoms. The van der Waals surface area contributed by atoms with Crippen LogP contribution in [0.4, 0.5) is 0 Å². The first-order valence-corrected chi connectivity index (χ1v) is 24.1. The number of rotatable bonds is 18. The molecule has 0 atom stereocenters. The number of benzene rings is 4. The summed E-state index contributed by atoms with van der Waals surface area (Å²) >= 11 is 0. The second-order valence-electron chi connectivity index (χ2n) is 20.6. The van der Waals surface area contributed by atoms with E-state index >= 15 is 0 Å². The highest BCUT2D eigenvalue weighted by atomic mass is 16.5. The Labute approximate surface area is 380 Å². The third-order valence-corrected chi connectivity index (χ3v) is 13.5. The number of carbonyl (C=O) groups is 2. The summed E-state index contributed by atoms with van der Waals surface area (Å²) in [6.45, 7) is 23.3. The molecule has 1 N–H and O–H groups in total. The standard InChI is InChI=1S/C28H41NO3.C27H39NO3/c1-6-16-29(17-15-27(30)31-5)20-21-7-8-23-19-26(12-9-22(23)18-21)32-25-13-10-24(11-14-25)28(2,3)4;1-5-15-28(16-14-26(29)30)19-20-6-7-22-18-25(11-8-21(22)17-20)31-24-12-9-23(10-13-24)27(2,3)4/h7-9,12,18-19,24-25H,6,10-11,13-17,20H2,1-5H3;6-8,11,17-18,23-24H,5,9-10,12-16,19H2,1-4H3,(H,29,30). The average molecular weight is 865 g/mol. The molecule has 8 nitrogen and oxygen atoms in total. The minimum absolute atomic E-state index is 0.149. The van der Waals surface area contributed by atoms with E-state index in [0.717, 1.165) is 94.6 Å². The highest BCUT2D eigenvalue weighted by molar-refractivity contribution is 5.85. The van der Waals surface area contributed by atoms with E-state index in [9.17, 15) is 9.59 Å². The Hall–Kier alpha value is -4.14. The van der Waals surface area contributed by atoms with Crippen LogP contribution in [-0.2, 0) is 27.4 Å². The quantitative estimate of drug-likeness (QED) is 0.0990. The Kier molecular flexibility index (Phi) is 18.8. The van der Waals surface area contributed by atoms with Gasteiger partial charge in [-0.25, -0.2) is 0 Å². The number of aliphatic carboxylic acids is 1. The van der Waals surface area contributed by atoms with Crippen LogP contribution in [0.5, 0.6) is 11.5 Å². The number of carboxylic acid groups (broad SMARTS) is 1. The van der Waals surface area contributed by atoms with Crippen LogP contribution in [0.1, 0.15) is 144 Å². The Morgan fingerprint density at radius 2 is 0.937 bits per heavy atom. The largest absolute Gasteiger partial charge is 0.490 e. The van der Waals surface area contributed by atoms with Crippen LogP contribution >= 0.6 is 0 Å². The van der Waals surface area contributed by atoms with E-state index in [2.05, 4.69) is 138 Å². The molecule has 0 aromatic heterocycles. The first-order valence-electron chi connectivity index (χ1n) is 24.1. The van der Waals surface area contributed by atoms with Crippen LogP contribution < -0.4 is 9.47 Å².